The van der Waals surface area contributed by atoms with Crippen LogP contribution in [0.15, 0.2) is 66.7 Å². The summed E-state index contributed by atoms with van der Waals surface area (Å²) in [7, 11) is -3.93. The number of aliphatic hydroxyl groups is 2. The van der Waals surface area contributed by atoms with Gasteiger partial charge in [-0.05, 0) is 94.1 Å². The Hall–Kier alpha value is -3.84. The second-order valence-electron chi connectivity index (χ2n) is 12.1. The van der Waals surface area contributed by atoms with E-state index in [1.54, 1.807) is 83.1 Å². The molecular weight excluding hydrogens is 648 g/mol. The van der Waals surface area contributed by atoms with Crippen LogP contribution in [0.4, 0.5) is 4.79 Å². The Bertz CT molecular complexity index is 1610. The number of hydrogen-bond donors (Lipinski definition) is 3. The molecule has 2 amide bonds. The molecule has 0 fully saturated rings. The van der Waals surface area contributed by atoms with E-state index < -0.39 is 33.7 Å². The van der Waals surface area contributed by atoms with Crippen LogP contribution in [0.25, 0.3) is 11.1 Å². The highest BCUT2D eigenvalue weighted by molar-refractivity contribution is 7.90. The Labute approximate surface area is 281 Å². The molecular formula is C34H43ClN2O9S. The Morgan fingerprint density at radius 1 is 1.00 bits per heavy atom. The van der Waals surface area contributed by atoms with Crippen molar-refractivity contribution in [2.75, 3.05) is 32.1 Å². The zero-order valence-electron chi connectivity index (χ0n) is 27.2. The first-order chi connectivity index (χ1) is 22.1. The van der Waals surface area contributed by atoms with E-state index in [-0.39, 0.29) is 55.9 Å². The second kappa shape index (κ2) is 16.8. The maximum atomic E-state index is 12.9. The summed E-state index contributed by atoms with van der Waals surface area (Å²) < 4.78 is 43.7. The smallest absolute Gasteiger partial charge is 0.410 e. The predicted molar refractivity (Wildman–Crippen MR) is 180 cm³/mol. The van der Waals surface area contributed by atoms with Crippen LogP contribution in [0.3, 0.4) is 0 Å². The van der Waals surface area contributed by atoms with Crippen molar-refractivity contribution in [1.82, 2.24) is 9.62 Å². The van der Waals surface area contributed by atoms with Gasteiger partial charge in [0.1, 0.15) is 23.7 Å². The van der Waals surface area contributed by atoms with Crippen LogP contribution in [0, 0.1) is 0 Å². The molecule has 0 aliphatic carbocycles. The van der Waals surface area contributed by atoms with Crippen molar-refractivity contribution in [3.8, 4) is 22.6 Å². The predicted octanol–water partition coefficient (Wildman–Crippen LogP) is 5.59. The molecule has 0 aliphatic heterocycles. The molecule has 1 atom stereocenters. The van der Waals surface area contributed by atoms with Gasteiger partial charge in [-0.2, -0.15) is 0 Å². The number of hydrogen-bond acceptors (Lipinski definition) is 9. The molecule has 11 nitrogen and oxygen atoms in total. The number of amides is 2. The van der Waals surface area contributed by atoms with Gasteiger partial charge in [-0.3, -0.25) is 4.79 Å². The third-order valence-corrected chi connectivity index (χ3v) is 8.06. The minimum Gasteiger partial charge on any atom is -0.492 e. The number of nitrogens with one attached hydrogen (secondary N) is 1. The molecule has 3 rings (SSSR count). The summed E-state index contributed by atoms with van der Waals surface area (Å²) in [5.74, 6) is -0.452. The van der Waals surface area contributed by atoms with E-state index in [4.69, 9.17) is 30.9 Å². The van der Waals surface area contributed by atoms with Crippen molar-refractivity contribution in [1.29, 1.82) is 0 Å². The maximum absolute atomic E-state index is 12.9. The van der Waals surface area contributed by atoms with Crippen molar-refractivity contribution in [3.63, 3.8) is 0 Å². The van der Waals surface area contributed by atoms with E-state index in [1.165, 1.54) is 11.0 Å². The topological polar surface area (TPSA) is 152 Å². The number of benzene rings is 3. The number of carbonyl (C=O) groups is 2. The molecule has 0 saturated heterocycles. The Kier molecular flexibility index (Phi) is 13.5. The molecule has 0 unspecified atom stereocenters. The van der Waals surface area contributed by atoms with Crippen LogP contribution in [0.2, 0.25) is 5.02 Å². The quantitative estimate of drug-likeness (QED) is 0.185. The molecule has 0 aromatic heterocycles. The number of nitrogens with zero attached hydrogens (tertiary/aromatic N) is 1. The monoisotopic (exact) mass is 690 g/mol. The lowest BCUT2D eigenvalue weighted by Crippen LogP contribution is -2.41. The van der Waals surface area contributed by atoms with Crippen LogP contribution in [-0.2, 0) is 14.8 Å². The fraction of sp³-hybridized carbons (Fsp3) is 0.412. The zero-order valence-corrected chi connectivity index (χ0v) is 28.8. The van der Waals surface area contributed by atoms with E-state index in [2.05, 4.69) is 0 Å². The lowest BCUT2D eigenvalue weighted by molar-refractivity contribution is 0.0117. The summed E-state index contributed by atoms with van der Waals surface area (Å²) in [5, 5.41) is 20.2. The molecule has 0 radical (unpaired) electrons. The third kappa shape index (κ3) is 12.4. The summed E-state index contributed by atoms with van der Waals surface area (Å²) >= 11 is 6.07. The average molecular weight is 691 g/mol. The van der Waals surface area contributed by atoms with Gasteiger partial charge >= 0.3 is 6.09 Å². The van der Waals surface area contributed by atoms with Crippen LogP contribution < -0.4 is 14.2 Å². The normalized spacial score (nSPS) is 12.4. The van der Waals surface area contributed by atoms with Gasteiger partial charge in [0.25, 0.3) is 5.91 Å². The third-order valence-electron chi connectivity index (χ3n) is 6.50. The molecule has 0 spiro atoms. The minimum absolute atomic E-state index is 0.00567. The number of halogens is 1. The SMILES string of the molecule is CC(C)Oc1cc(-c2ccc(OCCN(C[C@H](O)c3cccc(Cl)c3)C(=O)OC(C)(C)C)cc2)ccc1C(=O)NS(=O)(=O)CCCO. The van der Waals surface area contributed by atoms with Crippen LogP contribution in [0.1, 0.15) is 63.1 Å². The molecule has 3 N–H and O–H groups in total. The van der Waals surface area contributed by atoms with Crippen molar-refractivity contribution < 1.29 is 42.4 Å². The van der Waals surface area contributed by atoms with Crippen LogP contribution in [-0.4, -0.2) is 79.3 Å². The standard InChI is InChI=1S/C34H43ClN2O9S/c1-23(2)45-31-21-25(12-15-29(31)32(40)36-47(42,43)19-7-17-38)24-10-13-28(14-11-24)44-18-16-37(33(41)46-34(3,4)5)22-30(39)26-8-6-9-27(35)20-26/h6,8-15,20-21,23,30,38-39H,7,16-19,22H2,1-5H3,(H,36,40)/t30-/m0/s1. The summed E-state index contributed by atoms with van der Waals surface area (Å²) in [4.78, 5) is 27.2. The molecule has 0 heterocycles. The first-order valence-electron chi connectivity index (χ1n) is 15.2. The largest absolute Gasteiger partial charge is 0.492 e. The Morgan fingerprint density at radius 3 is 2.30 bits per heavy atom. The first-order valence-corrected chi connectivity index (χ1v) is 17.2. The van der Waals surface area contributed by atoms with Gasteiger partial charge in [0.15, 0.2) is 0 Å². The molecule has 47 heavy (non-hydrogen) atoms. The van der Waals surface area contributed by atoms with Gasteiger partial charge in [-0.15, -0.1) is 0 Å². The van der Waals surface area contributed by atoms with E-state index in [0.29, 0.717) is 16.3 Å². The van der Waals surface area contributed by atoms with E-state index >= 15 is 0 Å². The van der Waals surface area contributed by atoms with Crippen molar-refractivity contribution in [3.05, 3.63) is 82.9 Å². The fourth-order valence-electron chi connectivity index (χ4n) is 4.37. The highest BCUT2D eigenvalue weighted by atomic mass is 35.5. The fourth-order valence-corrected chi connectivity index (χ4v) is 5.57. The van der Waals surface area contributed by atoms with Gasteiger partial charge in [0.05, 0.1) is 36.6 Å². The average Bonchev–Trinajstić information content (AvgIpc) is 2.98. The first kappa shape index (κ1) is 37.6. The van der Waals surface area contributed by atoms with Crippen LogP contribution in [0.5, 0.6) is 11.5 Å². The number of rotatable bonds is 15. The highest BCUT2D eigenvalue weighted by Gasteiger charge is 2.25. The number of ether oxygens (including phenoxy) is 3. The molecule has 0 saturated carbocycles. The zero-order chi connectivity index (χ0) is 34.8. The summed E-state index contributed by atoms with van der Waals surface area (Å²) in [6.07, 6.45) is -1.86. The highest BCUT2D eigenvalue weighted by Crippen LogP contribution is 2.30. The lowest BCUT2D eigenvalue weighted by atomic mass is 10.0. The number of aliphatic hydroxyl groups excluding tert-OH is 2. The molecule has 256 valence electrons. The van der Waals surface area contributed by atoms with Gasteiger partial charge in [-0.25, -0.2) is 17.9 Å². The second-order valence-corrected chi connectivity index (χ2v) is 14.4. The molecule has 3 aromatic carbocycles. The van der Waals surface area contributed by atoms with Gasteiger partial charge in [0.2, 0.25) is 10.0 Å². The molecule has 3 aromatic rings. The van der Waals surface area contributed by atoms with Gasteiger partial charge in [-0.1, -0.05) is 41.9 Å². The molecule has 0 aliphatic rings. The van der Waals surface area contributed by atoms with Crippen molar-refractivity contribution in [2.24, 2.45) is 0 Å². The van der Waals surface area contributed by atoms with E-state index in [1.807, 2.05) is 16.9 Å². The molecule has 0 bridgehead atoms. The van der Waals surface area contributed by atoms with E-state index in [0.717, 1.165) is 11.1 Å². The summed E-state index contributed by atoms with van der Waals surface area (Å²) in [6.45, 7) is 8.80. The molecule has 13 heteroatoms. The lowest BCUT2D eigenvalue weighted by Gasteiger charge is -2.29. The minimum atomic E-state index is -3.93. The van der Waals surface area contributed by atoms with Gasteiger partial charge in [0, 0.05) is 11.6 Å². The number of carbonyl (C=O) groups excluding carboxylic acids is 2. The summed E-state index contributed by atoms with van der Waals surface area (Å²) in [6, 6.07) is 18.8. The summed E-state index contributed by atoms with van der Waals surface area (Å²) in [5.41, 5.74) is 1.41. The van der Waals surface area contributed by atoms with Gasteiger partial charge < -0.3 is 29.3 Å². The van der Waals surface area contributed by atoms with Crippen LogP contribution >= 0.6 is 11.6 Å². The Balaban J connectivity index is 1.71. The number of sulfonamides is 1. The van der Waals surface area contributed by atoms with Crippen molar-refractivity contribution >= 4 is 33.6 Å². The van der Waals surface area contributed by atoms with Crippen molar-refractivity contribution in [2.45, 2.75) is 58.8 Å². The maximum Gasteiger partial charge on any atom is 0.410 e. The Morgan fingerprint density at radius 2 is 1.68 bits per heavy atom. The van der Waals surface area contributed by atoms with E-state index in [9.17, 15) is 23.1 Å².